The molecule has 5 rings (SSSR count). The van der Waals surface area contributed by atoms with Crippen molar-refractivity contribution >= 4 is 62.9 Å². The van der Waals surface area contributed by atoms with Gasteiger partial charge < -0.3 is 0 Å². The summed E-state index contributed by atoms with van der Waals surface area (Å²) >= 11 is 5.63. The summed E-state index contributed by atoms with van der Waals surface area (Å²) in [5, 5.41) is 10.3. The van der Waals surface area contributed by atoms with Crippen LogP contribution in [0.4, 0.5) is 0 Å². The fraction of sp³-hybridized carbons (Fsp3) is 0. The molecule has 108 valence electrons. The molecule has 0 aliphatic heterocycles. The molecule has 4 heteroatoms. The lowest BCUT2D eigenvalue weighted by atomic mass is 10.1. The molecule has 0 saturated heterocycles. The van der Waals surface area contributed by atoms with E-state index in [0.717, 1.165) is 0 Å². The average molecular weight is 347 g/mol. The largest absolute Gasteiger partial charge is 0.192 e. The Morgan fingerprint density at radius 1 is 0.739 bits per heavy atom. The summed E-state index contributed by atoms with van der Waals surface area (Å²) < 4.78 is 6.95. The quantitative estimate of drug-likeness (QED) is 0.324. The number of hydrogen-bond acceptors (Lipinski definition) is 4. The van der Waals surface area contributed by atoms with Gasteiger partial charge in [-0.2, -0.15) is 5.26 Å². The summed E-state index contributed by atoms with van der Waals surface area (Å²) in [5.74, 6) is 0. The highest BCUT2D eigenvalue weighted by Gasteiger charge is 2.15. The minimum absolute atomic E-state index is 0.707. The highest BCUT2D eigenvalue weighted by atomic mass is 32.1. The molecule has 5 aromatic rings. The Balaban J connectivity index is 1.73. The summed E-state index contributed by atoms with van der Waals surface area (Å²) in [4.78, 5) is 1.27. The van der Waals surface area contributed by atoms with E-state index in [9.17, 15) is 0 Å². The van der Waals surface area contributed by atoms with Crippen LogP contribution in [0.5, 0.6) is 0 Å². The number of nitriles is 1. The van der Waals surface area contributed by atoms with Crippen molar-refractivity contribution in [3.63, 3.8) is 0 Å². The van der Waals surface area contributed by atoms with Crippen LogP contribution in [0, 0.1) is 11.3 Å². The average Bonchev–Trinajstić information content (AvgIpc) is 3.24. The van der Waals surface area contributed by atoms with Gasteiger partial charge in [0.15, 0.2) is 0 Å². The van der Waals surface area contributed by atoms with E-state index >= 15 is 0 Å². The van der Waals surface area contributed by atoms with Gasteiger partial charge in [-0.05, 0) is 29.8 Å². The molecular formula is C19H9NS3. The first-order chi connectivity index (χ1) is 11.3. The lowest BCUT2D eigenvalue weighted by Gasteiger charge is -1.96. The number of hydrogen-bond donors (Lipinski definition) is 0. The molecule has 0 unspecified atom stereocenters. The van der Waals surface area contributed by atoms with Crippen molar-refractivity contribution in [2.24, 2.45) is 0 Å². The van der Waals surface area contributed by atoms with Crippen molar-refractivity contribution in [3.8, 4) is 16.5 Å². The second-order valence-corrected chi connectivity index (χ2v) is 8.51. The SMILES string of the molecule is N#Cc1ccc(-c2cc3sc4c5ccccc5sc4c3s2)cc1. The number of fused-ring (bicyclic) bond motifs is 5. The van der Waals surface area contributed by atoms with E-state index in [-0.39, 0.29) is 0 Å². The van der Waals surface area contributed by atoms with Gasteiger partial charge in [0.2, 0.25) is 0 Å². The second kappa shape index (κ2) is 4.90. The fourth-order valence-electron chi connectivity index (χ4n) is 2.84. The van der Waals surface area contributed by atoms with Gasteiger partial charge in [0.1, 0.15) is 0 Å². The Labute approximate surface area is 144 Å². The van der Waals surface area contributed by atoms with Gasteiger partial charge in [-0.25, -0.2) is 0 Å². The van der Waals surface area contributed by atoms with Crippen molar-refractivity contribution in [1.29, 1.82) is 5.26 Å². The molecule has 0 saturated carbocycles. The normalized spacial score (nSPS) is 11.4. The van der Waals surface area contributed by atoms with Crippen LogP contribution < -0.4 is 0 Å². The van der Waals surface area contributed by atoms with Gasteiger partial charge in [-0.15, -0.1) is 34.0 Å². The molecule has 0 spiro atoms. The molecular weight excluding hydrogens is 338 g/mol. The molecule has 0 aliphatic carbocycles. The monoisotopic (exact) mass is 347 g/mol. The van der Waals surface area contributed by atoms with Crippen molar-refractivity contribution in [2.45, 2.75) is 0 Å². The Hall–Kier alpha value is -2.19. The maximum absolute atomic E-state index is 8.92. The van der Waals surface area contributed by atoms with Gasteiger partial charge in [0.25, 0.3) is 0 Å². The highest BCUT2D eigenvalue weighted by molar-refractivity contribution is 7.41. The number of nitrogens with zero attached hydrogens (tertiary/aromatic N) is 1. The van der Waals surface area contributed by atoms with Gasteiger partial charge in [-0.3, -0.25) is 0 Å². The van der Waals surface area contributed by atoms with Crippen LogP contribution in [0.3, 0.4) is 0 Å². The predicted molar refractivity (Wildman–Crippen MR) is 103 cm³/mol. The predicted octanol–water partition coefficient (Wildman–Crippen LogP) is 6.87. The maximum atomic E-state index is 8.92. The van der Waals surface area contributed by atoms with E-state index in [4.69, 9.17) is 5.26 Å². The Kier molecular flexibility index (Phi) is 2.83. The molecule has 0 fully saturated rings. The number of benzene rings is 2. The van der Waals surface area contributed by atoms with Gasteiger partial charge in [0, 0.05) is 19.7 Å². The first kappa shape index (κ1) is 13.3. The van der Waals surface area contributed by atoms with Crippen LogP contribution >= 0.6 is 34.0 Å². The molecule has 0 N–H and O–H groups in total. The van der Waals surface area contributed by atoms with Crippen molar-refractivity contribution < 1.29 is 0 Å². The molecule has 2 aromatic carbocycles. The van der Waals surface area contributed by atoms with Gasteiger partial charge in [0.05, 0.1) is 25.7 Å². The van der Waals surface area contributed by atoms with Crippen LogP contribution in [0.15, 0.2) is 54.6 Å². The van der Waals surface area contributed by atoms with E-state index in [1.807, 2.05) is 58.3 Å². The van der Waals surface area contributed by atoms with Crippen molar-refractivity contribution in [3.05, 3.63) is 60.2 Å². The van der Waals surface area contributed by atoms with Crippen molar-refractivity contribution in [1.82, 2.24) is 0 Å². The van der Waals surface area contributed by atoms with Crippen LogP contribution in [-0.4, -0.2) is 0 Å². The molecule has 1 nitrogen and oxygen atoms in total. The Morgan fingerprint density at radius 2 is 1.52 bits per heavy atom. The second-order valence-electron chi connectivity index (χ2n) is 5.35. The van der Waals surface area contributed by atoms with E-state index in [0.29, 0.717) is 5.56 Å². The van der Waals surface area contributed by atoms with E-state index < -0.39 is 0 Å². The summed E-state index contributed by atoms with van der Waals surface area (Å²) in [6.45, 7) is 0. The fourth-order valence-corrected chi connectivity index (χ4v) is 6.99. The van der Waals surface area contributed by atoms with Gasteiger partial charge in [-0.1, -0.05) is 30.3 Å². The Morgan fingerprint density at radius 3 is 2.35 bits per heavy atom. The Bertz CT molecular complexity index is 1210. The minimum atomic E-state index is 0.707. The maximum Gasteiger partial charge on any atom is 0.0991 e. The van der Waals surface area contributed by atoms with E-state index in [1.165, 1.54) is 39.3 Å². The smallest absolute Gasteiger partial charge is 0.0991 e. The molecule has 0 bridgehead atoms. The molecule has 0 aliphatic rings. The highest BCUT2D eigenvalue weighted by Crippen LogP contribution is 2.48. The third kappa shape index (κ3) is 1.95. The summed E-state index contributed by atoms with van der Waals surface area (Å²) in [6, 6.07) is 21.0. The first-order valence-electron chi connectivity index (χ1n) is 7.17. The van der Waals surface area contributed by atoms with Crippen LogP contribution in [0.2, 0.25) is 0 Å². The molecule has 0 atom stereocenters. The third-order valence-corrected chi connectivity index (χ3v) is 7.91. The zero-order valence-electron chi connectivity index (χ0n) is 11.9. The van der Waals surface area contributed by atoms with E-state index in [2.05, 4.69) is 36.4 Å². The number of rotatable bonds is 1. The standard InChI is InChI=1S/C19H9NS3/c20-10-11-5-7-12(8-6-11)15-9-16-18(22-15)19-17(23-16)13-3-1-2-4-14(13)21-19/h1-9H. The van der Waals surface area contributed by atoms with Gasteiger partial charge >= 0.3 is 0 Å². The topological polar surface area (TPSA) is 23.8 Å². The molecule has 0 amide bonds. The zero-order valence-corrected chi connectivity index (χ0v) is 14.3. The van der Waals surface area contributed by atoms with Crippen LogP contribution in [-0.2, 0) is 0 Å². The molecule has 23 heavy (non-hydrogen) atoms. The van der Waals surface area contributed by atoms with Crippen LogP contribution in [0.25, 0.3) is 39.3 Å². The van der Waals surface area contributed by atoms with Crippen molar-refractivity contribution in [2.75, 3.05) is 0 Å². The summed E-state index contributed by atoms with van der Waals surface area (Å²) in [7, 11) is 0. The third-order valence-electron chi connectivity index (χ3n) is 3.96. The van der Waals surface area contributed by atoms with E-state index in [1.54, 1.807) is 0 Å². The first-order valence-corrected chi connectivity index (χ1v) is 9.62. The molecule has 3 heterocycles. The zero-order chi connectivity index (χ0) is 15.4. The molecule has 3 aromatic heterocycles. The summed E-state index contributed by atoms with van der Waals surface area (Å²) in [5.41, 5.74) is 1.89. The van der Waals surface area contributed by atoms with Crippen LogP contribution in [0.1, 0.15) is 5.56 Å². The lowest BCUT2D eigenvalue weighted by molar-refractivity contribution is 1.49. The lowest BCUT2D eigenvalue weighted by Crippen LogP contribution is -1.74. The minimum Gasteiger partial charge on any atom is -0.192 e. The summed E-state index contributed by atoms with van der Waals surface area (Å²) in [6.07, 6.45) is 0. The molecule has 0 radical (unpaired) electrons. The number of thiophene rings is 3.